The van der Waals surface area contributed by atoms with Gasteiger partial charge in [0.15, 0.2) is 9.84 Å². The van der Waals surface area contributed by atoms with Gasteiger partial charge in [0.1, 0.15) is 11.6 Å². The SMILES string of the molecule is COc1ccc(-n2nc3c(c2NC(=O)c2ccc(-c4ccccc4)cc2)CS(=O)(=O)C3)cc1. The maximum absolute atomic E-state index is 13.1. The lowest BCUT2D eigenvalue weighted by Gasteiger charge is -2.12. The summed E-state index contributed by atoms with van der Waals surface area (Å²) in [5.41, 5.74) is 4.21. The number of amides is 1. The molecular formula is C25H21N3O4S. The molecular weight excluding hydrogens is 438 g/mol. The van der Waals surface area contributed by atoms with Crippen LogP contribution in [0.3, 0.4) is 0 Å². The first-order valence-corrected chi connectivity index (χ1v) is 12.2. The highest BCUT2D eigenvalue weighted by Crippen LogP contribution is 2.33. The van der Waals surface area contributed by atoms with Crippen LogP contribution < -0.4 is 10.1 Å². The lowest BCUT2D eigenvalue weighted by Crippen LogP contribution is -2.17. The van der Waals surface area contributed by atoms with E-state index in [4.69, 9.17) is 4.74 Å². The molecule has 0 radical (unpaired) electrons. The van der Waals surface area contributed by atoms with Crippen molar-refractivity contribution in [3.05, 3.63) is 95.7 Å². The Kier molecular flexibility index (Phi) is 5.22. The molecule has 0 spiro atoms. The average Bonchev–Trinajstić information content (AvgIpc) is 3.32. The van der Waals surface area contributed by atoms with Crippen LogP contribution in [0.15, 0.2) is 78.9 Å². The van der Waals surface area contributed by atoms with E-state index < -0.39 is 9.84 Å². The molecule has 5 rings (SSSR count). The number of carbonyl (C=O) groups excluding carboxylic acids is 1. The number of nitrogens with one attached hydrogen (secondary N) is 1. The first-order chi connectivity index (χ1) is 15.9. The second kappa shape index (κ2) is 8.22. The molecule has 0 saturated heterocycles. The van der Waals surface area contributed by atoms with E-state index in [-0.39, 0.29) is 17.4 Å². The fraction of sp³-hybridized carbons (Fsp3) is 0.120. The van der Waals surface area contributed by atoms with Crippen molar-refractivity contribution in [3.63, 3.8) is 0 Å². The van der Waals surface area contributed by atoms with Gasteiger partial charge in [-0.15, -0.1) is 0 Å². The Bertz CT molecular complexity index is 1430. The number of hydrogen-bond acceptors (Lipinski definition) is 5. The highest BCUT2D eigenvalue weighted by atomic mass is 32.2. The summed E-state index contributed by atoms with van der Waals surface area (Å²) in [6.45, 7) is 0. The lowest BCUT2D eigenvalue weighted by atomic mass is 10.0. The molecule has 0 atom stereocenters. The number of anilines is 1. The predicted molar refractivity (Wildman–Crippen MR) is 126 cm³/mol. The fourth-order valence-corrected chi connectivity index (χ4v) is 5.40. The van der Waals surface area contributed by atoms with E-state index in [1.165, 1.54) is 0 Å². The van der Waals surface area contributed by atoms with Crippen molar-refractivity contribution >= 4 is 21.6 Å². The lowest BCUT2D eigenvalue weighted by molar-refractivity contribution is 0.102. The standard InChI is InChI=1S/C25H21N3O4S/c1-32-21-13-11-20(12-14-21)28-24(22-15-33(30,31)16-23(22)27-28)26-25(29)19-9-7-18(8-10-19)17-5-3-2-4-6-17/h2-14H,15-16H2,1H3,(H,26,29). The number of benzene rings is 3. The average molecular weight is 460 g/mol. The minimum atomic E-state index is -3.28. The zero-order chi connectivity index (χ0) is 23.0. The number of aromatic nitrogens is 2. The normalized spacial score (nSPS) is 14.0. The molecule has 166 valence electrons. The molecule has 0 aliphatic carbocycles. The van der Waals surface area contributed by atoms with Gasteiger partial charge in [-0.2, -0.15) is 5.10 Å². The largest absolute Gasteiger partial charge is 0.497 e. The van der Waals surface area contributed by atoms with E-state index in [0.29, 0.717) is 34.1 Å². The molecule has 1 aliphatic heterocycles. The topological polar surface area (TPSA) is 90.3 Å². The molecule has 3 aromatic carbocycles. The molecule has 4 aromatic rings. The number of carbonyl (C=O) groups is 1. The van der Waals surface area contributed by atoms with Crippen LogP contribution in [0.1, 0.15) is 21.6 Å². The molecule has 0 bridgehead atoms. The Morgan fingerprint density at radius 3 is 2.24 bits per heavy atom. The quantitative estimate of drug-likeness (QED) is 0.482. The van der Waals surface area contributed by atoms with Crippen molar-refractivity contribution in [2.24, 2.45) is 0 Å². The molecule has 7 nitrogen and oxygen atoms in total. The van der Waals surface area contributed by atoms with Crippen molar-refractivity contribution in [3.8, 4) is 22.6 Å². The monoisotopic (exact) mass is 459 g/mol. The van der Waals surface area contributed by atoms with Gasteiger partial charge in [0.2, 0.25) is 0 Å². The van der Waals surface area contributed by atoms with E-state index in [9.17, 15) is 13.2 Å². The summed E-state index contributed by atoms with van der Waals surface area (Å²) in [5.74, 6) is 0.427. The third kappa shape index (κ3) is 4.12. The molecule has 2 heterocycles. The van der Waals surface area contributed by atoms with E-state index in [1.807, 2.05) is 42.5 Å². The molecule has 8 heteroatoms. The summed E-state index contributed by atoms with van der Waals surface area (Å²) in [4.78, 5) is 13.1. The molecule has 1 N–H and O–H groups in total. The number of fused-ring (bicyclic) bond motifs is 1. The van der Waals surface area contributed by atoms with E-state index in [1.54, 1.807) is 48.2 Å². The van der Waals surface area contributed by atoms with Gasteiger partial charge < -0.3 is 10.1 Å². The zero-order valence-corrected chi connectivity index (χ0v) is 18.7. The van der Waals surface area contributed by atoms with Crippen LogP contribution in [0.5, 0.6) is 5.75 Å². The number of sulfone groups is 1. The van der Waals surface area contributed by atoms with Crippen molar-refractivity contribution in [1.82, 2.24) is 9.78 Å². The summed E-state index contributed by atoms with van der Waals surface area (Å²) in [5, 5.41) is 7.39. The number of ether oxygens (including phenoxy) is 1. The summed E-state index contributed by atoms with van der Waals surface area (Å²) in [6, 6.07) is 24.4. The molecule has 0 unspecified atom stereocenters. The Balaban J connectivity index is 1.47. The molecule has 1 amide bonds. The first-order valence-electron chi connectivity index (χ1n) is 10.4. The molecule has 33 heavy (non-hydrogen) atoms. The predicted octanol–water partition coefficient (Wildman–Crippen LogP) is 4.23. The molecule has 1 aromatic heterocycles. The number of hydrogen-bond donors (Lipinski definition) is 1. The fourth-order valence-electron chi connectivity index (χ4n) is 3.91. The highest BCUT2D eigenvalue weighted by Gasteiger charge is 2.33. The van der Waals surface area contributed by atoms with Crippen molar-refractivity contribution < 1.29 is 17.9 Å². The first kappa shape index (κ1) is 21.0. The van der Waals surface area contributed by atoms with Gasteiger partial charge in [-0.25, -0.2) is 13.1 Å². The van der Waals surface area contributed by atoms with Crippen LogP contribution in [0.25, 0.3) is 16.8 Å². The van der Waals surface area contributed by atoms with Crippen LogP contribution in [-0.4, -0.2) is 31.2 Å². The smallest absolute Gasteiger partial charge is 0.256 e. The minimum absolute atomic E-state index is 0.139. The Hall–Kier alpha value is -3.91. The Morgan fingerprint density at radius 2 is 1.58 bits per heavy atom. The molecule has 0 saturated carbocycles. The third-order valence-electron chi connectivity index (χ3n) is 5.59. The van der Waals surface area contributed by atoms with Gasteiger partial charge in [-0.3, -0.25) is 4.79 Å². The summed E-state index contributed by atoms with van der Waals surface area (Å²) < 4.78 is 31.2. The maximum Gasteiger partial charge on any atom is 0.256 e. The molecule has 1 aliphatic rings. The van der Waals surface area contributed by atoms with E-state index in [0.717, 1.165) is 11.1 Å². The van der Waals surface area contributed by atoms with E-state index in [2.05, 4.69) is 10.4 Å². The number of nitrogens with zero attached hydrogens (tertiary/aromatic N) is 2. The summed E-state index contributed by atoms with van der Waals surface area (Å²) >= 11 is 0. The second-order valence-corrected chi connectivity index (χ2v) is 9.88. The van der Waals surface area contributed by atoms with Gasteiger partial charge in [0, 0.05) is 11.1 Å². The van der Waals surface area contributed by atoms with Gasteiger partial charge in [-0.05, 0) is 47.5 Å². The van der Waals surface area contributed by atoms with Gasteiger partial charge >= 0.3 is 0 Å². The second-order valence-electron chi connectivity index (χ2n) is 7.81. The summed E-state index contributed by atoms with van der Waals surface area (Å²) in [6.07, 6.45) is 0. The zero-order valence-electron chi connectivity index (χ0n) is 17.9. The van der Waals surface area contributed by atoms with Crippen LogP contribution in [0.2, 0.25) is 0 Å². The van der Waals surface area contributed by atoms with Crippen LogP contribution in [0, 0.1) is 0 Å². The maximum atomic E-state index is 13.1. The van der Waals surface area contributed by atoms with Gasteiger partial charge in [-0.1, -0.05) is 42.5 Å². The van der Waals surface area contributed by atoms with Crippen LogP contribution >= 0.6 is 0 Å². The number of methoxy groups -OCH3 is 1. The highest BCUT2D eigenvalue weighted by molar-refractivity contribution is 7.90. The van der Waals surface area contributed by atoms with E-state index >= 15 is 0 Å². The minimum Gasteiger partial charge on any atom is -0.497 e. The molecule has 0 fully saturated rings. The van der Waals surface area contributed by atoms with Crippen molar-refractivity contribution in [2.45, 2.75) is 11.5 Å². The van der Waals surface area contributed by atoms with Crippen LogP contribution in [0.4, 0.5) is 5.82 Å². The van der Waals surface area contributed by atoms with Gasteiger partial charge in [0.25, 0.3) is 5.91 Å². The third-order valence-corrected chi connectivity index (χ3v) is 7.03. The Labute approximate surface area is 191 Å². The number of rotatable bonds is 5. The van der Waals surface area contributed by atoms with Crippen LogP contribution in [-0.2, 0) is 21.3 Å². The van der Waals surface area contributed by atoms with Crippen molar-refractivity contribution in [2.75, 3.05) is 12.4 Å². The Morgan fingerprint density at radius 1 is 0.909 bits per heavy atom. The summed E-state index contributed by atoms with van der Waals surface area (Å²) in [7, 11) is -1.70. The van der Waals surface area contributed by atoms with Gasteiger partial charge in [0.05, 0.1) is 30.0 Å². The van der Waals surface area contributed by atoms with Crippen molar-refractivity contribution in [1.29, 1.82) is 0 Å².